The van der Waals surface area contributed by atoms with Gasteiger partial charge in [0.15, 0.2) is 0 Å². The van der Waals surface area contributed by atoms with Gasteiger partial charge < -0.3 is 11.1 Å². The Balaban J connectivity index is 1.41. The molecule has 28 heavy (non-hydrogen) atoms. The lowest BCUT2D eigenvalue weighted by Gasteiger charge is -2.68. The first-order valence-corrected chi connectivity index (χ1v) is 12.1. The van der Waals surface area contributed by atoms with Gasteiger partial charge in [0.2, 0.25) is 0 Å². The molecule has 6 rings (SSSR count). The van der Waals surface area contributed by atoms with Crippen LogP contribution in [0, 0.1) is 34.0 Å². The molecule has 0 radical (unpaired) electrons. The number of thiocarbonyl (C=S) groups is 1. The Labute approximate surface area is 176 Å². The van der Waals surface area contributed by atoms with Crippen LogP contribution in [-0.2, 0) is 0 Å². The van der Waals surface area contributed by atoms with E-state index in [0.717, 1.165) is 18.8 Å². The third kappa shape index (κ3) is 3.12. The van der Waals surface area contributed by atoms with Gasteiger partial charge in [0, 0.05) is 17.5 Å². The summed E-state index contributed by atoms with van der Waals surface area (Å²) in [5.41, 5.74) is 7.31. The molecule has 6 aliphatic rings. The molecule has 4 unspecified atom stereocenters. The molecule has 4 bridgehead atoms. The third-order valence-electron chi connectivity index (χ3n) is 9.10. The Hall–Kier alpha value is -0.670. The van der Waals surface area contributed by atoms with Crippen LogP contribution in [0.2, 0.25) is 0 Å². The number of rotatable bonds is 3. The van der Waals surface area contributed by atoms with Gasteiger partial charge in [-0.1, -0.05) is 50.4 Å². The van der Waals surface area contributed by atoms with Crippen LogP contribution in [0.3, 0.4) is 0 Å². The van der Waals surface area contributed by atoms with Crippen LogP contribution in [0.4, 0.5) is 0 Å². The highest BCUT2D eigenvalue weighted by Crippen LogP contribution is 2.72. The Kier molecular flexibility index (Phi) is 4.60. The fourth-order valence-corrected chi connectivity index (χ4v) is 9.10. The zero-order valence-corrected chi connectivity index (χ0v) is 18.6. The average Bonchev–Trinajstić information content (AvgIpc) is 2.62. The molecule has 5 saturated carbocycles. The molecular formula is C25H38N2S. The van der Waals surface area contributed by atoms with Crippen molar-refractivity contribution in [3.63, 3.8) is 0 Å². The smallest absolute Gasteiger partial charge is 0.0818 e. The predicted octanol–water partition coefficient (Wildman–Crippen LogP) is 5.53. The molecule has 3 N–H and O–H groups in total. The molecule has 0 aliphatic heterocycles. The zero-order valence-electron chi connectivity index (χ0n) is 17.8. The van der Waals surface area contributed by atoms with Crippen molar-refractivity contribution in [2.24, 2.45) is 39.7 Å². The minimum Gasteiger partial charge on any atom is -0.376 e. The van der Waals surface area contributed by atoms with Crippen molar-refractivity contribution in [1.82, 2.24) is 5.32 Å². The van der Waals surface area contributed by atoms with Crippen LogP contribution in [0.5, 0.6) is 0 Å². The second-order valence-electron chi connectivity index (χ2n) is 11.7. The normalized spacial score (nSPS) is 52.0. The van der Waals surface area contributed by atoms with Crippen LogP contribution in [0.25, 0.3) is 0 Å². The summed E-state index contributed by atoms with van der Waals surface area (Å²) >= 11 is 6.21. The lowest BCUT2D eigenvalue weighted by molar-refractivity contribution is -0.147. The molecule has 0 aromatic carbocycles. The highest BCUT2D eigenvalue weighted by molar-refractivity contribution is 7.80. The van der Waals surface area contributed by atoms with E-state index in [9.17, 15) is 0 Å². The summed E-state index contributed by atoms with van der Waals surface area (Å²) in [7, 11) is 0. The maximum absolute atomic E-state index is 6.21. The van der Waals surface area contributed by atoms with Crippen molar-refractivity contribution in [2.75, 3.05) is 0 Å². The fourth-order valence-electron chi connectivity index (χ4n) is 8.71. The van der Waals surface area contributed by atoms with Crippen molar-refractivity contribution in [3.05, 3.63) is 24.3 Å². The minimum atomic E-state index is 0.248. The average molecular weight is 399 g/mol. The van der Waals surface area contributed by atoms with Gasteiger partial charge in [-0.3, -0.25) is 0 Å². The van der Waals surface area contributed by atoms with E-state index in [4.69, 9.17) is 18.0 Å². The molecule has 2 nitrogen and oxygen atoms in total. The van der Waals surface area contributed by atoms with Gasteiger partial charge in [0.25, 0.3) is 0 Å². The third-order valence-corrected chi connectivity index (χ3v) is 9.65. The van der Waals surface area contributed by atoms with E-state index in [1.807, 2.05) is 0 Å². The second kappa shape index (κ2) is 6.67. The molecule has 6 aliphatic carbocycles. The number of hydrogen-bond donors (Lipinski definition) is 2. The predicted molar refractivity (Wildman–Crippen MR) is 121 cm³/mol. The van der Waals surface area contributed by atoms with Gasteiger partial charge >= 0.3 is 0 Å². The van der Waals surface area contributed by atoms with Gasteiger partial charge in [0.1, 0.15) is 0 Å². The quantitative estimate of drug-likeness (QED) is 0.614. The fraction of sp³-hybridized carbons (Fsp3) is 0.800. The number of hydrogen-bond acceptors (Lipinski definition) is 2. The highest BCUT2D eigenvalue weighted by atomic mass is 32.1. The van der Waals surface area contributed by atoms with Gasteiger partial charge in [-0.15, -0.1) is 0 Å². The summed E-state index contributed by atoms with van der Waals surface area (Å²) in [5.74, 6) is 2.21. The van der Waals surface area contributed by atoms with E-state index in [2.05, 4.69) is 43.5 Å². The number of allylic oxidation sites excluding steroid dienone is 4. The molecule has 6 atom stereocenters. The standard InChI is InChI=1S/C25H38N2S/c1-17-5-3-4-6-21(17)24-12-18-11-23(2,14-24)15-25(13-18,16-24)22(28)27-20-9-7-19(26)8-10-20/h3-6,17-21H,7-16,26H2,1-2H3,(H,27,28)/t17?,18?,19?,20?,21?,23-,24-,25?/m1/s1. The Morgan fingerprint density at radius 1 is 1.00 bits per heavy atom. The summed E-state index contributed by atoms with van der Waals surface area (Å²) in [4.78, 5) is 1.22. The van der Waals surface area contributed by atoms with Gasteiger partial charge in [0.05, 0.1) is 4.99 Å². The minimum absolute atomic E-state index is 0.248. The summed E-state index contributed by atoms with van der Waals surface area (Å²) < 4.78 is 0. The van der Waals surface area contributed by atoms with Crippen LogP contribution >= 0.6 is 12.2 Å². The summed E-state index contributed by atoms with van der Waals surface area (Å²) in [6.45, 7) is 5.01. The number of nitrogens with two attached hydrogens (primary N) is 1. The first kappa shape index (κ1) is 19.3. The number of nitrogens with one attached hydrogen (secondary N) is 1. The lowest BCUT2D eigenvalue weighted by atomic mass is 9.37. The van der Waals surface area contributed by atoms with E-state index >= 15 is 0 Å². The maximum Gasteiger partial charge on any atom is 0.0818 e. The second-order valence-corrected chi connectivity index (χ2v) is 12.1. The van der Waals surface area contributed by atoms with Crippen LogP contribution < -0.4 is 11.1 Å². The molecule has 0 amide bonds. The molecule has 0 spiro atoms. The van der Waals surface area contributed by atoms with Crippen molar-refractivity contribution < 1.29 is 0 Å². The Bertz CT molecular complexity index is 705. The van der Waals surface area contributed by atoms with Crippen LogP contribution in [0.1, 0.15) is 78.1 Å². The summed E-state index contributed by atoms with van der Waals surface area (Å²) in [6.07, 6.45) is 22.4. The summed E-state index contributed by atoms with van der Waals surface area (Å²) in [5, 5.41) is 3.89. The maximum atomic E-state index is 6.21. The van der Waals surface area contributed by atoms with E-state index < -0.39 is 0 Å². The zero-order chi connectivity index (χ0) is 19.6. The first-order valence-electron chi connectivity index (χ1n) is 11.7. The first-order chi connectivity index (χ1) is 13.3. The van der Waals surface area contributed by atoms with Gasteiger partial charge in [-0.25, -0.2) is 0 Å². The Morgan fingerprint density at radius 3 is 2.46 bits per heavy atom. The van der Waals surface area contributed by atoms with Gasteiger partial charge in [-0.05, 0) is 92.8 Å². The van der Waals surface area contributed by atoms with E-state index in [1.54, 1.807) is 0 Å². The van der Waals surface area contributed by atoms with Crippen LogP contribution in [-0.4, -0.2) is 17.1 Å². The lowest BCUT2D eigenvalue weighted by Crippen LogP contribution is -2.63. The largest absolute Gasteiger partial charge is 0.376 e. The van der Waals surface area contributed by atoms with Crippen LogP contribution in [0.15, 0.2) is 24.3 Å². The van der Waals surface area contributed by atoms with E-state index in [-0.39, 0.29) is 5.41 Å². The highest BCUT2D eigenvalue weighted by Gasteiger charge is 2.64. The monoisotopic (exact) mass is 398 g/mol. The Morgan fingerprint density at radius 2 is 1.75 bits per heavy atom. The van der Waals surface area contributed by atoms with Crippen molar-refractivity contribution in [1.29, 1.82) is 0 Å². The summed E-state index contributed by atoms with van der Waals surface area (Å²) in [6, 6.07) is 0.960. The molecule has 3 heteroatoms. The molecule has 154 valence electrons. The molecule has 0 heterocycles. The molecule has 5 fully saturated rings. The van der Waals surface area contributed by atoms with Crippen molar-refractivity contribution in [2.45, 2.75) is 90.1 Å². The van der Waals surface area contributed by atoms with Gasteiger partial charge in [-0.2, -0.15) is 0 Å². The van der Waals surface area contributed by atoms with E-state index in [0.29, 0.717) is 34.7 Å². The topological polar surface area (TPSA) is 38.0 Å². The molecular weight excluding hydrogens is 360 g/mol. The SMILES string of the molecule is CC1C=CC=CC1[C@]12CC3CC(C(=S)NC4CCC(N)CC4)(C[C@](C)(C3)C1)C2. The molecule has 0 aromatic rings. The van der Waals surface area contributed by atoms with Crippen molar-refractivity contribution in [3.8, 4) is 0 Å². The van der Waals surface area contributed by atoms with E-state index in [1.165, 1.54) is 56.4 Å². The van der Waals surface area contributed by atoms with Crippen molar-refractivity contribution >= 4 is 17.2 Å². The molecule has 0 aromatic heterocycles. The molecule has 0 saturated heterocycles.